The van der Waals surface area contributed by atoms with Crippen LogP contribution in [0.4, 0.5) is 26.3 Å². The van der Waals surface area contributed by atoms with Gasteiger partial charge in [-0.25, -0.2) is 26.8 Å². The molecule has 6 fully saturated rings. The van der Waals surface area contributed by atoms with E-state index in [2.05, 4.69) is 29.4 Å². The number of halogens is 8. The summed E-state index contributed by atoms with van der Waals surface area (Å²) in [4.78, 5) is 135. The maximum absolute atomic E-state index is 15.1. The summed E-state index contributed by atoms with van der Waals surface area (Å²) in [6.07, 6.45) is 6.65. The standard InChI is InChI=1S/2C42H51ClF3N5O8S/c2*1-6-25-17-24(2)9-7-8-10-26-21-41(26,37(55)49-60(56,57)40(5)13-14-40)22-33(52)32-19-28(23-51(32)36(54)29(25)20-34(53)59-39(3,4)42(44,45)46)58-35-30-18-27(43)11-12-31(30)50-16-15-47-38(50)48-35/h2*8,10-12,15-16,18,24-26,28-29,32H,6-7,9,13-14,17,19-23H2,1-5H3,(H,49,55)/b2*10-8-/t24-,25+,26+,28+,29-,32-,41+;24-,25-,26-,28-,29+,32+,41-/m01/s1. The number of alkyl halides is 6. The number of rotatable bonds is 18. The van der Waals surface area contributed by atoms with Crippen molar-refractivity contribution < 1.29 is 100 Å². The molecule has 0 bridgehead atoms. The molecule has 6 aromatic rings. The number of hydrogen-bond donors (Lipinski definition) is 2. The second-order valence-electron chi connectivity index (χ2n) is 35.9. The van der Waals surface area contributed by atoms with E-state index in [0.29, 0.717) is 120 Å². The van der Waals surface area contributed by atoms with E-state index < -0.39 is 197 Å². The van der Waals surface area contributed by atoms with Crippen molar-refractivity contribution in [2.24, 2.45) is 58.2 Å². The number of esters is 2. The first-order chi connectivity index (χ1) is 56.2. The van der Waals surface area contributed by atoms with E-state index in [1.807, 2.05) is 52.0 Å². The summed E-state index contributed by atoms with van der Waals surface area (Å²) in [6.45, 7) is 13.4. The molecular weight excluding hydrogens is 1650 g/mol. The first-order valence-corrected chi connectivity index (χ1v) is 44.8. The zero-order chi connectivity index (χ0) is 87.2. The van der Waals surface area contributed by atoms with Crippen LogP contribution >= 0.6 is 23.2 Å². The maximum atomic E-state index is 15.1. The largest absolute Gasteiger partial charge is 0.472 e. The van der Waals surface area contributed by atoms with Crippen molar-refractivity contribution in [2.75, 3.05) is 13.1 Å². The lowest BCUT2D eigenvalue weighted by Gasteiger charge is -2.34. The van der Waals surface area contributed by atoms with E-state index >= 15 is 9.59 Å². The third-order valence-corrected chi connectivity index (χ3v) is 31.0. The normalized spacial score (nSPS) is 29.2. The molecule has 8 aliphatic rings. The number of hydrogen-bond acceptors (Lipinski definition) is 20. The number of fused-ring (bicyclic) bond motifs is 10. The minimum Gasteiger partial charge on any atom is -0.472 e. The molecule has 4 amide bonds. The number of ketones is 2. The SMILES string of the molecule is CC[C@@H]1C[C@@H](C)CC/C=C\[C@@H]2C[C@@]2(C(=O)NS(=O)(=O)C2(C)CC2)CC(=O)[C@@H]2C[C@@H](Oc3nc4nccn4c4ccc(Cl)cc34)CN2C(=O)[C@H]1CC(=O)OC(C)(C)C(F)(F)F.CC[C@@H]1C[C@H](C)CC/C=C\[C@@H]2C[C@@]2(C(=O)NS(=O)(=O)C2(C)CC2)CC(=O)[C@@H]2C[C@@H](Oc3nc4nccn4c4ccc(Cl)cc34)CN2C(=O)[C@H]1CC(=O)OC(C)(C)C(F)(F)F. The molecule has 0 radical (unpaired) electrons. The highest BCUT2D eigenvalue weighted by Gasteiger charge is 2.65. The Balaban J connectivity index is 0.000000207. The van der Waals surface area contributed by atoms with Crippen LogP contribution in [0.3, 0.4) is 0 Å². The Bertz CT molecular complexity index is 5020. The summed E-state index contributed by atoms with van der Waals surface area (Å²) >= 11 is 12.8. The molecular formula is C84H102Cl2F6N10O16S2. The van der Waals surface area contributed by atoms with E-state index in [9.17, 15) is 71.9 Å². The highest BCUT2D eigenvalue weighted by molar-refractivity contribution is 7.92. The van der Waals surface area contributed by atoms with E-state index in [1.165, 1.54) is 9.80 Å². The molecule has 8 heterocycles. The number of Topliss-reactive ketones (excluding diaryl/α,β-unsaturated/α-hetero) is 2. The summed E-state index contributed by atoms with van der Waals surface area (Å²) in [6, 6.07) is 7.87. The van der Waals surface area contributed by atoms with Gasteiger partial charge in [-0.15, -0.1) is 0 Å². The van der Waals surface area contributed by atoms with Gasteiger partial charge in [-0.1, -0.05) is 88.0 Å². The van der Waals surface area contributed by atoms with Crippen LogP contribution in [0.5, 0.6) is 11.8 Å². The Morgan fingerprint density at radius 1 is 0.567 bits per heavy atom. The minimum atomic E-state index is -4.88. The van der Waals surface area contributed by atoms with E-state index in [-0.39, 0.29) is 62.4 Å². The number of allylic oxidation sites excluding steroid dienone is 4. The quantitative estimate of drug-likeness (QED) is 0.0458. The van der Waals surface area contributed by atoms with Gasteiger partial charge >= 0.3 is 24.3 Å². The van der Waals surface area contributed by atoms with E-state index in [1.54, 1.807) is 83.8 Å². The van der Waals surface area contributed by atoms with Crippen molar-refractivity contribution in [3.8, 4) is 11.8 Å². The molecule has 2 aromatic carbocycles. The van der Waals surface area contributed by atoms with Gasteiger partial charge < -0.3 is 28.7 Å². The van der Waals surface area contributed by atoms with Crippen molar-refractivity contribution in [3.05, 3.63) is 95.5 Å². The molecule has 14 atom stereocenters. The number of imidazole rings is 2. The number of benzene rings is 2. The van der Waals surface area contributed by atoms with E-state index in [4.69, 9.17) is 42.1 Å². The van der Waals surface area contributed by atoms with Gasteiger partial charge in [-0.2, -0.15) is 36.3 Å². The van der Waals surface area contributed by atoms with E-state index in [0.717, 1.165) is 27.7 Å². The molecule has 2 N–H and O–H groups in total. The molecule has 120 heavy (non-hydrogen) atoms. The number of carbonyl (C=O) groups is 8. The second kappa shape index (κ2) is 33.3. The Hall–Kier alpha value is -8.50. The first-order valence-electron chi connectivity index (χ1n) is 41.0. The highest BCUT2D eigenvalue weighted by Crippen LogP contribution is 2.60. The van der Waals surface area contributed by atoms with Crippen LogP contribution in [0.1, 0.15) is 198 Å². The number of nitrogens with zero attached hydrogens (tertiary/aromatic N) is 8. The third kappa shape index (κ3) is 18.3. The van der Waals surface area contributed by atoms with Gasteiger partial charge in [0.2, 0.25) is 78.2 Å². The molecule has 26 nitrogen and oxygen atoms in total. The highest BCUT2D eigenvalue weighted by atomic mass is 35.5. The number of sulfonamides is 2. The zero-order valence-corrected chi connectivity index (χ0v) is 71.7. The topological polar surface area (TPSA) is 333 Å². The predicted octanol–water partition coefficient (Wildman–Crippen LogP) is 14.3. The first kappa shape index (κ1) is 89.3. The van der Waals surface area contributed by atoms with Crippen molar-refractivity contribution in [1.82, 2.24) is 48.0 Å². The van der Waals surface area contributed by atoms with Crippen LogP contribution in [-0.4, -0.2) is 173 Å². The van der Waals surface area contributed by atoms with Crippen molar-refractivity contribution in [1.29, 1.82) is 0 Å². The van der Waals surface area contributed by atoms with Crippen LogP contribution in [0.25, 0.3) is 33.4 Å². The minimum absolute atomic E-state index is 0.00945. The monoisotopic (exact) mass is 1750 g/mol. The number of amides is 4. The number of nitrogens with one attached hydrogen (secondary N) is 2. The van der Waals surface area contributed by atoms with Gasteiger partial charge in [-0.05, 0) is 190 Å². The average Bonchev–Trinajstić information content (AvgIpc) is 1.56. The molecule has 0 unspecified atom stereocenters. The average molecular weight is 1760 g/mol. The Labute approximate surface area is 701 Å². The van der Waals surface area contributed by atoms with Gasteiger partial charge in [0.25, 0.3) is 0 Å². The summed E-state index contributed by atoms with van der Waals surface area (Å²) in [7, 11) is -8.09. The molecule has 2 saturated heterocycles. The number of ether oxygens (including phenoxy) is 4. The molecule has 4 aromatic heterocycles. The fourth-order valence-electron chi connectivity index (χ4n) is 17.5. The van der Waals surface area contributed by atoms with Gasteiger partial charge in [0, 0.05) is 60.5 Å². The summed E-state index contributed by atoms with van der Waals surface area (Å²) in [5.74, 6) is -9.52. The third-order valence-electron chi connectivity index (χ3n) is 26.2. The van der Waals surface area contributed by atoms with Crippen LogP contribution in [0.2, 0.25) is 10.0 Å². The van der Waals surface area contributed by atoms with Gasteiger partial charge in [-0.3, -0.25) is 56.6 Å². The molecule has 4 aliphatic heterocycles. The lowest BCUT2D eigenvalue weighted by molar-refractivity contribution is -0.257. The number of carbonyl (C=O) groups excluding carboxylic acids is 8. The Kier molecular flexibility index (Phi) is 24.8. The van der Waals surface area contributed by atoms with Crippen LogP contribution in [0.15, 0.2) is 85.5 Å². The Morgan fingerprint density at radius 2 is 0.933 bits per heavy atom. The fourth-order valence-corrected chi connectivity index (χ4v) is 20.5. The number of aromatic nitrogens is 6. The zero-order valence-electron chi connectivity index (χ0n) is 68.5. The molecule has 4 aliphatic carbocycles. The van der Waals surface area contributed by atoms with Crippen molar-refractivity contribution >= 4 is 124 Å². The Morgan fingerprint density at radius 3 is 1.27 bits per heavy atom. The van der Waals surface area contributed by atoms with Crippen LogP contribution < -0.4 is 18.9 Å². The molecule has 36 heteroatoms. The second-order valence-corrected chi connectivity index (χ2v) is 41.2. The van der Waals surface area contributed by atoms with Crippen LogP contribution in [-0.2, 0) is 67.9 Å². The van der Waals surface area contributed by atoms with Crippen molar-refractivity contribution in [2.45, 2.75) is 255 Å². The molecule has 4 saturated carbocycles. The lowest BCUT2D eigenvalue weighted by atomic mass is 9.79. The maximum Gasteiger partial charge on any atom is 0.427 e. The lowest BCUT2D eigenvalue weighted by Crippen LogP contribution is -2.49. The summed E-state index contributed by atoms with van der Waals surface area (Å²) < 4.78 is 165. The predicted molar refractivity (Wildman–Crippen MR) is 430 cm³/mol. The van der Waals surface area contributed by atoms with Gasteiger partial charge in [0.15, 0.2) is 11.6 Å². The van der Waals surface area contributed by atoms with Gasteiger partial charge in [0.1, 0.15) is 12.2 Å². The fraction of sp³-hybridized carbons (Fsp3) is 0.619. The molecule has 14 rings (SSSR count). The van der Waals surface area contributed by atoms with Crippen molar-refractivity contribution in [3.63, 3.8) is 0 Å². The summed E-state index contributed by atoms with van der Waals surface area (Å²) in [5, 5.41) is 1.85. The summed E-state index contributed by atoms with van der Waals surface area (Å²) in [5.41, 5.74) is -7.10. The molecule has 0 spiro atoms. The molecule has 652 valence electrons. The smallest absolute Gasteiger partial charge is 0.427 e. The van der Waals surface area contributed by atoms with Gasteiger partial charge in [0.05, 0.1) is 92.0 Å². The van der Waals surface area contributed by atoms with Crippen LogP contribution in [0, 0.1) is 58.2 Å².